The van der Waals surface area contributed by atoms with E-state index in [2.05, 4.69) is 34.1 Å². The number of nitrogens with one attached hydrogen (secondary N) is 2. The molecule has 0 spiro atoms. The van der Waals surface area contributed by atoms with E-state index in [0.29, 0.717) is 33.7 Å². The van der Waals surface area contributed by atoms with Crippen molar-refractivity contribution in [2.24, 2.45) is 5.92 Å². The van der Waals surface area contributed by atoms with Crippen LogP contribution in [-0.2, 0) is 9.53 Å². The quantitative estimate of drug-likeness (QED) is 0.423. The molecule has 0 unspecified atom stereocenters. The van der Waals surface area contributed by atoms with Gasteiger partial charge in [-0.3, -0.25) is 9.78 Å². The number of anilines is 1. The Morgan fingerprint density at radius 2 is 1.93 bits per heavy atom. The Balaban J connectivity index is 2.13. The summed E-state index contributed by atoms with van der Waals surface area (Å²) in [5, 5.41) is 3.71. The SMILES string of the molecule is CC1=C(C(=O)OC(C)C)[C@@H](c2ccncc2)c2c(nc(SCC(C)C)[nH]c2=O)N1. The molecule has 0 amide bonds. The molecule has 29 heavy (non-hydrogen) atoms. The number of hydrogen-bond acceptors (Lipinski definition) is 7. The normalized spacial score (nSPS) is 16.0. The van der Waals surface area contributed by atoms with Crippen molar-refractivity contribution in [2.75, 3.05) is 11.1 Å². The third-order valence-electron chi connectivity index (χ3n) is 4.38. The largest absolute Gasteiger partial charge is 0.460 e. The minimum atomic E-state index is -0.583. The highest BCUT2D eigenvalue weighted by Gasteiger charge is 2.36. The van der Waals surface area contributed by atoms with Crippen LogP contribution in [0.15, 0.2) is 45.7 Å². The summed E-state index contributed by atoms with van der Waals surface area (Å²) in [4.78, 5) is 37.5. The molecule has 154 valence electrons. The van der Waals surface area contributed by atoms with E-state index in [0.717, 1.165) is 11.3 Å². The van der Waals surface area contributed by atoms with E-state index in [4.69, 9.17) is 4.74 Å². The van der Waals surface area contributed by atoms with Crippen LogP contribution in [-0.4, -0.2) is 32.8 Å². The predicted octanol–water partition coefficient (Wildman–Crippen LogP) is 3.70. The fourth-order valence-electron chi connectivity index (χ4n) is 3.18. The molecule has 1 aliphatic rings. The van der Waals surface area contributed by atoms with Crippen LogP contribution in [0.4, 0.5) is 5.82 Å². The highest BCUT2D eigenvalue weighted by Crippen LogP contribution is 2.40. The highest BCUT2D eigenvalue weighted by atomic mass is 32.2. The van der Waals surface area contributed by atoms with Crippen molar-refractivity contribution in [2.45, 2.75) is 51.8 Å². The number of carbonyl (C=O) groups excluding carboxylic acids is 1. The van der Waals surface area contributed by atoms with Crippen LogP contribution in [0.5, 0.6) is 0 Å². The molecule has 1 aliphatic heterocycles. The maximum absolute atomic E-state index is 13.1. The van der Waals surface area contributed by atoms with Crippen molar-refractivity contribution in [3.8, 4) is 0 Å². The van der Waals surface area contributed by atoms with Gasteiger partial charge in [0.1, 0.15) is 5.82 Å². The topological polar surface area (TPSA) is 97.0 Å². The van der Waals surface area contributed by atoms with E-state index in [1.54, 1.807) is 45.3 Å². The van der Waals surface area contributed by atoms with Crippen molar-refractivity contribution in [3.05, 3.63) is 57.3 Å². The lowest BCUT2D eigenvalue weighted by atomic mass is 9.83. The number of esters is 1. The molecule has 3 heterocycles. The molecule has 1 atom stereocenters. The zero-order valence-electron chi connectivity index (χ0n) is 17.3. The van der Waals surface area contributed by atoms with Crippen LogP contribution in [0.25, 0.3) is 0 Å². The standard InChI is InChI=1S/C21H26N4O3S/c1-11(2)10-29-21-24-18-17(19(26)25-21)16(14-6-8-22-9-7-14)15(13(5)23-18)20(27)28-12(3)4/h6-9,11-12,16H,10H2,1-5H3,(H2,23,24,25,26)/t16-/m1/s1. The minimum Gasteiger partial charge on any atom is -0.460 e. The molecule has 2 N–H and O–H groups in total. The van der Waals surface area contributed by atoms with Crippen molar-refractivity contribution in [3.63, 3.8) is 0 Å². The number of aromatic nitrogens is 3. The van der Waals surface area contributed by atoms with Crippen LogP contribution in [0, 0.1) is 5.92 Å². The van der Waals surface area contributed by atoms with Crippen LogP contribution in [0.1, 0.15) is 51.7 Å². The zero-order valence-corrected chi connectivity index (χ0v) is 18.1. The summed E-state index contributed by atoms with van der Waals surface area (Å²) < 4.78 is 5.47. The number of allylic oxidation sites excluding steroid dienone is 1. The summed E-state index contributed by atoms with van der Waals surface area (Å²) in [6.45, 7) is 9.62. The molecular weight excluding hydrogens is 388 g/mol. The average Bonchev–Trinajstić information content (AvgIpc) is 2.65. The zero-order chi connectivity index (χ0) is 21.1. The van der Waals surface area contributed by atoms with E-state index in [9.17, 15) is 9.59 Å². The summed E-state index contributed by atoms with van der Waals surface area (Å²) in [5.74, 6) is 0.755. The summed E-state index contributed by atoms with van der Waals surface area (Å²) in [6.07, 6.45) is 3.02. The molecule has 2 aromatic rings. The number of hydrogen-bond donors (Lipinski definition) is 2. The third kappa shape index (κ3) is 4.70. The number of carbonyl (C=O) groups is 1. The second kappa shape index (κ2) is 8.82. The van der Waals surface area contributed by atoms with Crippen LogP contribution >= 0.6 is 11.8 Å². The Hall–Kier alpha value is -2.61. The van der Waals surface area contributed by atoms with Gasteiger partial charge in [0.05, 0.1) is 23.2 Å². The van der Waals surface area contributed by atoms with E-state index in [-0.39, 0.29) is 11.7 Å². The Morgan fingerprint density at radius 3 is 2.55 bits per heavy atom. The van der Waals surface area contributed by atoms with Crippen molar-refractivity contribution >= 4 is 23.5 Å². The Labute approximate surface area is 174 Å². The lowest BCUT2D eigenvalue weighted by Gasteiger charge is -2.29. The monoisotopic (exact) mass is 414 g/mol. The number of aromatic amines is 1. The smallest absolute Gasteiger partial charge is 0.337 e. The number of pyridine rings is 1. The summed E-state index contributed by atoms with van der Waals surface area (Å²) in [5.41, 5.74) is 1.96. The van der Waals surface area contributed by atoms with Gasteiger partial charge in [0, 0.05) is 23.8 Å². The maximum Gasteiger partial charge on any atom is 0.337 e. The molecule has 0 bridgehead atoms. The molecule has 0 saturated heterocycles. The first-order chi connectivity index (χ1) is 13.8. The van der Waals surface area contributed by atoms with Gasteiger partial charge in [-0.15, -0.1) is 0 Å². The number of nitrogens with zero attached hydrogens (tertiary/aromatic N) is 2. The molecule has 0 aromatic carbocycles. The first kappa shape index (κ1) is 21.1. The van der Waals surface area contributed by atoms with Crippen LogP contribution < -0.4 is 10.9 Å². The second-order valence-electron chi connectivity index (χ2n) is 7.67. The van der Waals surface area contributed by atoms with E-state index in [1.807, 2.05) is 0 Å². The van der Waals surface area contributed by atoms with Gasteiger partial charge in [-0.1, -0.05) is 25.6 Å². The van der Waals surface area contributed by atoms with Crippen molar-refractivity contribution in [1.82, 2.24) is 15.0 Å². The molecule has 7 nitrogen and oxygen atoms in total. The molecule has 3 rings (SSSR count). The molecule has 0 radical (unpaired) electrons. The summed E-state index contributed by atoms with van der Waals surface area (Å²) in [7, 11) is 0. The third-order valence-corrected chi connectivity index (χ3v) is 5.68. The van der Waals surface area contributed by atoms with Gasteiger partial charge < -0.3 is 15.0 Å². The minimum absolute atomic E-state index is 0.266. The van der Waals surface area contributed by atoms with Crippen molar-refractivity contribution in [1.29, 1.82) is 0 Å². The van der Waals surface area contributed by atoms with Gasteiger partial charge in [-0.05, 0) is 44.4 Å². The number of fused-ring (bicyclic) bond motifs is 1. The molecule has 0 aliphatic carbocycles. The molecular formula is C21H26N4O3S. The number of thioether (sulfide) groups is 1. The lowest BCUT2D eigenvalue weighted by molar-refractivity contribution is -0.143. The van der Waals surface area contributed by atoms with Crippen LogP contribution in [0.3, 0.4) is 0 Å². The lowest BCUT2D eigenvalue weighted by Crippen LogP contribution is -2.31. The van der Waals surface area contributed by atoms with E-state index < -0.39 is 11.9 Å². The average molecular weight is 415 g/mol. The summed E-state index contributed by atoms with van der Waals surface area (Å²) in [6, 6.07) is 3.60. The van der Waals surface area contributed by atoms with Gasteiger partial charge in [-0.25, -0.2) is 9.78 Å². The predicted molar refractivity (Wildman–Crippen MR) is 114 cm³/mol. The fourth-order valence-corrected chi connectivity index (χ4v) is 3.99. The molecule has 0 saturated carbocycles. The van der Waals surface area contributed by atoms with Crippen molar-refractivity contribution < 1.29 is 9.53 Å². The Bertz CT molecular complexity index is 983. The summed E-state index contributed by atoms with van der Waals surface area (Å²) >= 11 is 1.50. The maximum atomic E-state index is 13.1. The van der Waals surface area contributed by atoms with Gasteiger partial charge in [0.2, 0.25) is 0 Å². The Kier molecular flexibility index (Phi) is 6.42. The number of rotatable bonds is 6. The van der Waals surface area contributed by atoms with Gasteiger partial charge in [0.15, 0.2) is 5.16 Å². The second-order valence-corrected chi connectivity index (χ2v) is 8.68. The van der Waals surface area contributed by atoms with E-state index in [1.165, 1.54) is 11.8 Å². The van der Waals surface area contributed by atoms with Gasteiger partial charge in [-0.2, -0.15) is 0 Å². The fraction of sp³-hybridized carbons (Fsp3) is 0.429. The van der Waals surface area contributed by atoms with Gasteiger partial charge >= 0.3 is 5.97 Å². The van der Waals surface area contributed by atoms with E-state index >= 15 is 0 Å². The molecule has 2 aromatic heterocycles. The van der Waals surface area contributed by atoms with Crippen LogP contribution in [0.2, 0.25) is 0 Å². The first-order valence-electron chi connectivity index (χ1n) is 9.63. The number of ether oxygens (including phenoxy) is 1. The molecule has 8 heteroatoms. The number of H-pyrrole nitrogens is 1. The highest BCUT2D eigenvalue weighted by molar-refractivity contribution is 7.99. The Morgan fingerprint density at radius 1 is 1.24 bits per heavy atom. The van der Waals surface area contributed by atoms with Gasteiger partial charge in [0.25, 0.3) is 5.56 Å². The molecule has 0 fully saturated rings. The first-order valence-corrected chi connectivity index (χ1v) is 10.6.